The van der Waals surface area contributed by atoms with Gasteiger partial charge in [-0.2, -0.15) is 0 Å². The summed E-state index contributed by atoms with van der Waals surface area (Å²) >= 11 is 0. The summed E-state index contributed by atoms with van der Waals surface area (Å²) in [7, 11) is 0. The predicted molar refractivity (Wildman–Crippen MR) is 284 cm³/mol. The summed E-state index contributed by atoms with van der Waals surface area (Å²) in [5, 5.41) is 4.91. The van der Waals surface area contributed by atoms with Crippen LogP contribution in [0.5, 0.6) is 0 Å². The molecule has 2 aliphatic rings. The second-order valence-corrected chi connectivity index (χ2v) is 18.0. The molecule has 1 atom stereocenters. The summed E-state index contributed by atoms with van der Waals surface area (Å²) in [6.07, 6.45) is 0. The lowest BCUT2D eigenvalue weighted by molar-refractivity contribution is 0.793. The summed E-state index contributed by atoms with van der Waals surface area (Å²) in [4.78, 5) is 4.90. The Kier molecular flexibility index (Phi) is 8.50. The average molecular weight is 866 g/mol. The summed E-state index contributed by atoms with van der Waals surface area (Å²) in [6, 6.07) is 96.2. The van der Waals surface area contributed by atoms with Gasteiger partial charge in [0.25, 0.3) is 0 Å². The Morgan fingerprint density at radius 3 is 1.63 bits per heavy atom. The van der Waals surface area contributed by atoms with Crippen molar-refractivity contribution in [3.63, 3.8) is 0 Å². The molecule has 1 heterocycles. The van der Waals surface area contributed by atoms with E-state index in [9.17, 15) is 0 Å². The van der Waals surface area contributed by atoms with Gasteiger partial charge in [0, 0.05) is 50.5 Å². The number of anilines is 6. The largest absolute Gasteiger partial charge is 0.310 e. The molecule has 2 aliphatic carbocycles. The molecular formula is C65H43N3. The van der Waals surface area contributed by atoms with Crippen LogP contribution >= 0.6 is 0 Å². The molecule has 68 heavy (non-hydrogen) atoms. The third-order valence-corrected chi connectivity index (χ3v) is 14.5. The lowest BCUT2D eigenvalue weighted by atomic mass is 9.70. The molecule has 1 spiro atoms. The fourth-order valence-electron chi connectivity index (χ4n) is 11.8. The first-order valence-electron chi connectivity index (χ1n) is 23.5. The van der Waals surface area contributed by atoms with Crippen molar-refractivity contribution in [1.82, 2.24) is 4.57 Å². The van der Waals surface area contributed by atoms with Crippen LogP contribution < -0.4 is 9.80 Å². The average Bonchev–Trinajstić information content (AvgIpc) is 4.01. The SMILES string of the molecule is c1ccc(N(c2ccc3c(c2)C2(c4ccccc4-3)c3ccccc3-c3c(N(c4ccccc4)c4ccc5ccccc5c4)cccc32)c2ccc3c4ccccc4n(-c4ccccc4)c3c2)cc1. The van der Waals surface area contributed by atoms with Crippen molar-refractivity contribution in [2.24, 2.45) is 0 Å². The van der Waals surface area contributed by atoms with Gasteiger partial charge >= 0.3 is 0 Å². The molecule has 318 valence electrons. The van der Waals surface area contributed by atoms with Crippen molar-refractivity contribution < 1.29 is 0 Å². The van der Waals surface area contributed by atoms with E-state index in [1.807, 2.05) is 0 Å². The van der Waals surface area contributed by atoms with Crippen LogP contribution in [0, 0.1) is 0 Å². The van der Waals surface area contributed by atoms with Gasteiger partial charge in [0.2, 0.25) is 0 Å². The van der Waals surface area contributed by atoms with E-state index >= 15 is 0 Å². The maximum Gasteiger partial charge on any atom is 0.0727 e. The van der Waals surface area contributed by atoms with Crippen LogP contribution in [0.15, 0.2) is 261 Å². The highest BCUT2D eigenvalue weighted by Gasteiger charge is 2.52. The lowest BCUT2D eigenvalue weighted by Crippen LogP contribution is -2.26. The van der Waals surface area contributed by atoms with Crippen LogP contribution in [0.4, 0.5) is 34.1 Å². The first-order chi connectivity index (χ1) is 33.8. The number of hydrogen-bond acceptors (Lipinski definition) is 2. The summed E-state index contributed by atoms with van der Waals surface area (Å²) in [5.74, 6) is 0. The fourth-order valence-corrected chi connectivity index (χ4v) is 11.8. The van der Waals surface area contributed by atoms with Gasteiger partial charge in [0.05, 0.1) is 22.1 Å². The summed E-state index contributed by atoms with van der Waals surface area (Å²) < 4.78 is 2.41. The minimum absolute atomic E-state index is 0.582. The van der Waals surface area contributed by atoms with E-state index in [4.69, 9.17) is 0 Å². The molecule has 14 rings (SSSR count). The minimum atomic E-state index is -0.582. The molecule has 0 aliphatic heterocycles. The lowest BCUT2D eigenvalue weighted by Gasteiger charge is -2.33. The molecule has 11 aromatic carbocycles. The number of nitrogens with zero attached hydrogens (tertiary/aromatic N) is 3. The quantitative estimate of drug-likeness (QED) is 0.158. The third-order valence-electron chi connectivity index (χ3n) is 14.5. The van der Waals surface area contributed by atoms with Gasteiger partial charge in [-0.05, 0) is 135 Å². The molecule has 0 N–H and O–H groups in total. The van der Waals surface area contributed by atoms with Gasteiger partial charge in [-0.1, -0.05) is 176 Å². The van der Waals surface area contributed by atoms with Gasteiger partial charge < -0.3 is 14.4 Å². The Labute approximate surface area is 395 Å². The smallest absolute Gasteiger partial charge is 0.0727 e. The van der Waals surface area contributed by atoms with Crippen molar-refractivity contribution in [2.75, 3.05) is 9.80 Å². The molecular weight excluding hydrogens is 823 g/mol. The topological polar surface area (TPSA) is 11.4 Å². The second-order valence-electron chi connectivity index (χ2n) is 18.0. The molecule has 0 saturated carbocycles. The normalized spacial score (nSPS) is 14.2. The van der Waals surface area contributed by atoms with Gasteiger partial charge in [-0.15, -0.1) is 0 Å². The van der Waals surface area contributed by atoms with Gasteiger partial charge in [-0.25, -0.2) is 0 Å². The van der Waals surface area contributed by atoms with E-state index < -0.39 is 5.41 Å². The number of para-hydroxylation sites is 4. The molecule has 3 heteroatoms. The van der Waals surface area contributed by atoms with E-state index in [0.29, 0.717) is 0 Å². The van der Waals surface area contributed by atoms with Gasteiger partial charge in [0.1, 0.15) is 0 Å². The van der Waals surface area contributed by atoms with E-state index in [0.717, 1.165) is 39.8 Å². The molecule has 1 aromatic heterocycles. The fraction of sp³-hybridized carbons (Fsp3) is 0.0154. The summed E-state index contributed by atoms with van der Waals surface area (Å²) in [5.41, 5.74) is 19.9. The number of hydrogen-bond donors (Lipinski definition) is 0. The highest BCUT2D eigenvalue weighted by atomic mass is 15.2. The number of fused-ring (bicyclic) bond motifs is 14. The predicted octanol–water partition coefficient (Wildman–Crippen LogP) is 17.2. The molecule has 0 amide bonds. The Morgan fingerprint density at radius 1 is 0.294 bits per heavy atom. The highest BCUT2D eigenvalue weighted by Crippen LogP contribution is 2.65. The van der Waals surface area contributed by atoms with Crippen LogP contribution in [0.25, 0.3) is 60.5 Å². The number of aromatic nitrogens is 1. The molecule has 0 radical (unpaired) electrons. The molecule has 1 unspecified atom stereocenters. The van der Waals surface area contributed by atoms with Gasteiger partial charge in [-0.3, -0.25) is 0 Å². The molecule has 3 nitrogen and oxygen atoms in total. The van der Waals surface area contributed by atoms with E-state index in [2.05, 4.69) is 275 Å². The first kappa shape index (κ1) is 38.4. The van der Waals surface area contributed by atoms with Crippen LogP contribution in [0.3, 0.4) is 0 Å². The zero-order valence-electron chi connectivity index (χ0n) is 37.2. The third kappa shape index (κ3) is 5.54. The maximum atomic E-state index is 2.50. The van der Waals surface area contributed by atoms with Crippen molar-refractivity contribution >= 4 is 66.7 Å². The Bertz CT molecular complexity index is 3930. The van der Waals surface area contributed by atoms with Crippen LogP contribution in [-0.4, -0.2) is 4.57 Å². The standard InChI is InChI=1S/C65H43N3/c1-4-21-46(22-5-1)66(51-38-40-55-54-28-14-17-33-61(54)68(63(55)43-51)48-25-8-3-9-26-48)50-37-39-53-52-27-12-15-30-57(52)65(60(53)42-50)58-31-16-13-29-56(58)64-59(65)32-18-34-62(64)67(47-23-6-2-7-24-47)49-36-35-44-19-10-11-20-45(44)41-49/h1-43H. The van der Waals surface area contributed by atoms with Crippen molar-refractivity contribution in [3.05, 3.63) is 283 Å². The van der Waals surface area contributed by atoms with E-state index in [1.165, 1.54) is 77.1 Å². The Hall–Kier alpha value is -8.92. The zero-order chi connectivity index (χ0) is 44.8. The summed E-state index contributed by atoms with van der Waals surface area (Å²) in [6.45, 7) is 0. The highest BCUT2D eigenvalue weighted by molar-refractivity contribution is 6.10. The Morgan fingerprint density at radius 2 is 0.838 bits per heavy atom. The molecule has 12 aromatic rings. The maximum absolute atomic E-state index is 2.50. The molecule has 0 saturated heterocycles. The molecule has 0 fully saturated rings. The molecule has 0 bridgehead atoms. The second kappa shape index (κ2) is 15.1. The van der Waals surface area contributed by atoms with Crippen molar-refractivity contribution in [2.45, 2.75) is 5.41 Å². The number of rotatable bonds is 7. The van der Waals surface area contributed by atoms with Crippen LogP contribution in [0.2, 0.25) is 0 Å². The van der Waals surface area contributed by atoms with Crippen LogP contribution in [-0.2, 0) is 5.41 Å². The first-order valence-corrected chi connectivity index (χ1v) is 23.5. The number of benzene rings is 11. The van der Waals surface area contributed by atoms with Crippen molar-refractivity contribution in [1.29, 1.82) is 0 Å². The van der Waals surface area contributed by atoms with Crippen molar-refractivity contribution in [3.8, 4) is 27.9 Å². The monoisotopic (exact) mass is 865 g/mol. The van der Waals surface area contributed by atoms with Gasteiger partial charge in [0.15, 0.2) is 0 Å². The van der Waals surface area contributed by atoms with Crippen LogP contribution in [0.1, 0.15) is 22.3 Å². The Balaban J connectivity index is 1.02. The minimum Gasteiger partial charge on any atom is -0.310 e. The van der Waals surface area contributed by atoms with E-state index in [-0.39, 0.29) is 0 Å². The zero-order valence-corrected chi connectivity index (χ0v) is 37.2. The van der Waals surface area contributed by atoms with E-state index in [1.54, 1.807) is 0 Å².